The van der Waals surface area contributed by atoms with Crippen molar-refractivity contribution in [1.82, 2.24) is 14.9 Å². The third kappa shape index (κ3) is 6.91. The minimum atomic E-state index is -1.00. The zero-order valence-electron chi connectivity index (χ0n) is 20.0. The highest BCUT2D eigenvalue weighted by atomic mass is 19.1. The minimum Gasteiger partial charge on any atom is -0.481 e. The number of carbonyl (C=O) groups is 2. The molecule has 1 fully saturated rings. The van der Waals surface area contributed by atoms with E-state index in [0.717, 1.165) is 11.3 Å². The monoisotopic (exact) mass is 503 g/mol. The van der Waals surface area contributed by atoms with Crippen molar-refractivity contribution in [2.45, 2.75) is 19.3 Å². The lowest BCUT2D eigenvalue weighted by molar-refractivity contribution is -0.141. The van der Waals surface area contributed by atoms with Crippen LogP contribution in [0.1, 0.15) is 18.4 Å². The molecule has 1 saturated heterocycles. The molecule has 1 aliphatic rings. The largest absolute Gasteiger partial charge is 0.481 e. The third-order valence-corrected chi connectivity index (χ3v) is 5.87. The first-order valence-electron chi connectivity index (χ1n) is 11.8. The van der Waals surface area contributed by atoms with E-state index in [1.54, 1.807) is 29.3 Å². The van der Waals surface area contributed by atoms with E-state index in [1.807, 2.05) is 29.2 Å². The average Bonchev–Trinajstić information content (AvgIpc) is 2.88. The van der Waals surface area contributed by atoms with Gasteiger partial charge in [-0.2, -0.15) is 10.2 Å². The van der Waals surface area contributed by atoms with Crippen LogP contribution < -0.4 is 15.5 Å². The molecule has 3 N–H and O–H groups in total. The second kappa shape index (κ2) is 11.8. The van der Waals surface area contributed by atoms with Crippen LogP contribution in [0.15, 0.2) is 54.7 Å². The second-order valence-electron chi connectivity index (χ2n) is 8.48. The van der Waals surface area contributed by atoms with Gasteiger partial charge in [0.25, 0.3) is 0 Å². The van der Waals surface area contributed by atoms with E-state index in [2.05, 4.69) is 26.7 Å². The molecule has 4 rings (SSSR count). The van der Waals surface area contributed by atoms with Gasteiger partial charge in [-0.25, -0.2) is 9.37 Å². The Morgan fingerprint density at radius 2 is 1.81 bits per heavy atom. The summed E-state index contributed by atoms with van der Waals surface area (Å²) in [7, 11) is 0. The molecule has 0 spiro atoms. The predicted octanol–water partition coefficient (Wildman–Crippen LogP) is 3.68. The van der Waals surface area contributed by atoms with Crippen molar-refractivity contribution in [3.05, 3.63) is 66.1 Å². The molecule has 10 nitrogen and oxygen atoms in total. The Kier molecular flexibility index (Phi) is 8.10. The van der Waals surface area contributed by atoms with Crippen molar-refractivity contribution in [1.29, 1.82) is 5.26 Å². The molecule has 1 aliphatic heterocycles. The SMILES string of the molecule is N#CCc1cccc(Nc2ccnc(Nc3ccc(N4CCN(C(=O)CCC(=O)O)CC4)c(F)c3)n2)c1. The number of anilines is 5. The van der Waals surface area contributed by atoms with Crippen molar-refractivity contribution in [3.63, 3.8) is 0 Å². The van der Waals surface area contributed by atoms with Gasteiger partial charge >= 0.3 is 5.97 Å². The number of carbonyl (C=O) groups excluding carboxylic acids is 1. The molecule has 0 saturated carbocycles. The Balaban J connectivity index is 1.36. The summed E-state index contributed by atoms with van der Waals surface area (Å²) in [5, 5.41) is 23.8. The first-order valence-corrected chi connectivity index (χ1v) is 11.8. The van der Waals surface area contributed by atoms with E-state index in [0.29, 0.717) is 55.7 Å². The number of amides is 1. The van der Waals surface area contributed by atoms with Crippen LogP contribution in [0.4, 0.5) is 33.2 Å². The van der Waals surface area contributed by atoms with Crippen LogP contribution in [-0.2, 0) is 16.0 Å². The summed E-state index contributed by atoms with van der Waals surface area (Å²) < 4.78 is 15.0. The highest BCUT2D eigenvalue weighted by molar-refractivity contribution is 5.81. The fourth-order valence-corrected chi connectivity index (χ4v) is 4.03. The van der Waals surface area contributed by atoms with Crippen LogP contribution >= 0.6 is 0 Å². The molecule has 0 unspecified atom stereocenters. The normalized spacial score (nSPS) is 13.1. The van der Waals surface area contributed by atoms with Crippen LogP contribution in [0.2, 0.25) is 0 Å². The first kappa shape index (κ1) is 25.4. The molecule has 11 heteroatoms. The van der Waals surface area contributed by atoms with Gasteiger partial charge in [0.15, 0.2) is 0 Å². The Labute approximate surface area is 213 Å². The Morgan fingerprint density at radius 1 is 1.03 bits per heavy atom. The maximum Gasteiger partial charge on any atom is 0.303 e. The van der Waals surface area contributed by atoms with Crippen LogP contribution in [0.3, 0.4) is 0 Å². The average molecular weight is 504 g/mol. The molecule has 0 atom stereocenters. The summed E-state index contributed by atoms with van der Waals surface area (Å²) in [5.41, 5.74) is 2.59. The molecule has 2 aromatic carbocycles. The molecule has 2 heterocycles. The van der Waals surface area contributed by atoms with E-state index in [-0.39, 0.29) is 18.7 Å². The van der Waals surface area contributed by atoms with Crippen LogP contribution in [-0.4, -0.2) is 58.0 Å². The number of hydrogen-bond acceptors (Lipinski definition) is 8. The summed E-state index contributed by atoms with van der Waals surface area (Å²) in [5.74, 6) is -0.788. The molecular weight excluding hydrogens is 477 g/mol. The summed E-state index contributed by atoms with van der Waals surface area (Å²) >= 11 is 0. The van der Waals surface area contributed by atoms with Crippen molar-refractivity contribution < 1.29 is 19.1 Å². The lowest BCUT2D eigenvalue weighted by Gasteiger charge is -2.36. The number of carboxylic acids is 1. The highest BCUT2D eigenvalue weighted by Gasteiger charge is 2.23. The smallest absolute Gasteiger partial charge is 0.303 e. The fraction of sp³-hybridized carbons (Fsp3) is 0.269. The number of aromatic nitrogens is 2. The van der Waals surface area contributed by atoms with Gasteiger partial charge in [0.2, 0.25) is 11.9 Å². The number of benzene rings is 2. The fourth-order valence-electron chi connectivity index (χ4n) is 4.03. The molecule has 1 amide bonds. The zero-order valence-corrected chi connectivity index (χ0v) is 20.0. The summed E-state index contributed by atoms with van der Waals surface area (Å²) in [6, 6.07) is 16.1. The van der Waals surface area contributed by atoms with E-state index < -0.39 is 11.8 Å². The predicted molar refractivity (Wildman–Crippen MR) is 136 cm³/mol. The van der Waals surface area contributed by atoms with E-state index in [9.17, 15) is 14.0 Å². The number of rotatable bonds is 9. The molecule has 1 aromatic heterocycles. The van der Waals surface area contributed by atoms with E-state index in [1.165, 1.54) is 6.07 Å². The molecule has 0 aliphatic carbocycles. The van der Waals surface area contributed by atoms with Gasteiger partial charge < -0.3 is 25.5 Å². The maximum absolute atomic E-state index is 15.0. The van der Waals surface area contributed by atoms with Gasteiger partial charge in [0.05, 0.1) is 24.6 Å². The summed E-state index contributed by atoms with van der Waals surface area (Å²) in [6.07, 6.45) is 1.67. The molecule has 190 valence electrons. The number of piperazine rings is 1. The number of aliphatic carboxylic acids is 1. The molecule has 0 radical (unpaired) electrons. The van der Waals surface area contributed by atoms with Crippen molar-refractivity contribution in [2.24, 2.45) is 0 Å². The van der Waals surface area contributed by atoms with Gasteiger partial charge in [-0.05, 0) is 42.0 Å². The molecule has 37 heavy (non-hydrogen) atoms. The van der Waals surface area contributed by atoms with E-state index in [4.69, 9.17) is 10.4 Å². The Bertz CT molecular complexity index is 1320. The van der Waals surface area contributed by atoms with Crippen LogP contribution in [0, 0.1) is 17.1 Å². The number of nitrogens with zero attached hydrogens (tertiary/aromatic N) is 5. The van der Waals surface area contributed by atoms with Crippen LogP contribution in [0.25, 0.3) is 0 Å². The number of nitrogens with one attached hydrogen (secondary N) is 2. The van der Waals surface area contributed by atoms with Gasteiger partial charge in [0, 0.05) is 50.2 Å². The van der Waals surface area contributed by atoms with Gasteiger partial charge in [-0.15, -0.1) is 0 Å². The van der Waals surface area contributed by atoms with Crippen LogP contribution in [0.5, 0.6) is 0 Å². The van der Waals surface area contributed by atoms with Crippen molar-refractivity contribution in [2.75, 3.05) is 41.7 Å². The lowest BCUT2D eigenvalue weighted by atomic mass is 10.1. The third-order valence-electron chi connectivity index (χ3n) is 5.87. The lowest BCUT2D eigenvalue weighted by Crippen LogP contribution is -2.49. The Hall–Kier alpha value is -4.72. The highest BCUT2D eigenvalue weighted by Crippen LogP contribution is 2.26. The maximum atomic E-state index is 15.0. The van der Waals surface area contributed by atoms with Gasteiger partial charge in [0.1, 0.15) is 11.6 Å². The second-order valence-corrected chi connectivity index (χ2v) is 8.48. The molecule has 3 aromatic rings. The number of hydrogen-bond donors (Lipinski definition) is 3. The minimum absolute atomic E-state index is 0.0313. The number of halogens is 1. The standard InChI is InChI=1S/C26H26FN7O3/c27-21-17-20(4-5-22(21)33-12-14-34(15-13-33)24(35)6-7-25(36)37)31-26-29-11-9-23(32-26)30-19-3-1-2-18(16-19)8-10-28/h1-5,9,11,16-17H,6-8,12-15H2,(H,36,37)(H2,29,30,31,32). The number of carboxylic acid groups (broad SMARTS) is 1. The topological polar surface area (TPSA) is 134 Å². The van der Waals surface area contributed by atoms with E-state index >= 15 is 0 Å². The number of nitriles is 1. The molecule has 0 bridgehead atoms. The first-order chi connectivity index (χ1) is 17.9. The molecular formula is C26H26FN7O3. The van der Waals surface area contributed by atoms with Crippen molar-refractivity contribution in [3.8, 4) is 6.07 Å². The quantitative estimate of drug-likeness (QED) is 0.400. The van der Waals surface area contributed by atoms with Crippen molar-refractivity contribution >= 4 is 40.7 Å². The van der Waals surface area contributed by atoms with Gasteiger partial charge in [-0.3, -0.25) is 9.59 Å². The summed E-state index contributed by atoms with van der Waals surface area (Å²) in [4.78, 5) is 34.9. The Morgan fingerprint density at radius 3 is 2.54 bits per heavy atom. The zero-order chi connectivity index (χ0) is 26.2. The van der Waals surface area contributed by atoms with Gasteiger partial charge in [-0.1, -0.05) is 12.1 Å². The summed E-state index contributed by atoms with van der Waals surface area (Å²) in [6.45, 7) is 1.72.